The molecular weight excluding hydrogens is 529 g/mol. The SMILES string of the molecule is COC(=O)c1cccc(NC(=O)c2cccc(NC3=C(Cl)C(=O)N(c4cccc(Cl)c4Cl)C3=O)c2)c1. The van der Waals surface area contributed by atoms with Crippen LogP contribution >= 0.6 is 34.8 Å². The summed E-state index contributed by atoms with van der Waals surface area (Å²) in [7, 11) is 1.26. The van der Waals surface area contributed by atoms with Crippen molar-refractivity contribution in [2.45, 2.75) is 0 Å². The minimum atomic E-state index is -0.771. The number of nitrogens with zero attached hydrogens (tertiary/aromatic N) is 1. The zero-order valence-electron chi connectivity index (χ0n) is 18.5. The quantitative estimate of drug-likeness (QED) is 0.315. The van der Waals surface area contributed by atoms with Crippen molar-refractivity contribution in [3.8, 4) is 0 Å². The molecule has 36 heavy (non-hydrogen) atoms. The number of amides is 3. The Labute approximate surface area is 220 Å². The molecule has 3 aromatic carbocycles. The van der Waals surface area contributed by atoms with E-state index in [1.807, 2.05) is 0 Å². The Morgan fingerprint density at radius 2 is 1.47 bits per heavy atom. The van der Waals surface area contributed by atoms with Crippen molar-refractivity contribution in [2.75, 3.05) is 22.6 Å². The van der Waals surface area contributed by atoms with Gasteiger partial charge in [0.15, 0.2) is 0 Å². The van der Waals surface area contributed by atoms with Crippen molar-refractivity contribution < 1.29 is 23.9 Å². The summed E-state index contributed by atoms with van der Waals surface area (Å²) in [4.78, 5) is 51.1. The van der Waals surface area contributed by atoms with E-state index in [9.17, 15) is 19.2 Å². The lowest BCUT2D eigenvalue weighted by atomic mass is 10.1. The summed E-state index contributed by atoms with van der Waals surface area (Å²) in [5, 5.41) is 5.36. The third-order valence-corrected chi connectivity index (χ3v) is 6.29. The standard InChI is InChI=1S/C25H16Cl3N3O5/c1-36-25(35)14-6-3-8-16(12-14)30-22(32)13-5-2-7-15(11-13)29-21-20(28)23(33)31(24(21)34)18-10-4-9-17(26)19(18)27/h2-12,29H,1H3,(H,30,32). The summed E-state index contributed by atoms with van der Waals surface area (Å²) in [5.74, 6) is -2.51. The summed E-state index contributed by atoms with van der Waals surface area (Å²) in [6.45, 7) is 0. The lowest BCUT2D eigenvalue weighted by molar-refractivity contribution is -0.120. The van der Waals surface area contributed by atoms with Crippen molar-refractivity contribution in [1.82, 2.24) is 0 Å². The summed E-state index contributed by atoms with van der Waals surface area (Å²) in [6.07, 6.45) is 0. The van der Waals surface area contributed by atoms with Gasteiger partial charge < -0.3 is 15.4 Å². The maximum atomic E-state index is 13.0. The number of imide groups is 1. The largest absolute Gasteiger partial charge is 0.465 e. The number of halogens is 3. The number of hydrogen-bond donors (Lipinski definition) is 2. The van der Waals surface area contributed by atoms with Crippen molar-refractivity contribution in [1.29, 1.82) is 0 Å². The molecule has 0 saturated carbocycles. The number of benzene rings is 3. The van der Waals surface area contributed by atoms with E-state index in [4.69, 9.17) is 34.8 Å². The maximum absolute atomic E-state index is 13.0. The van der Waals surface area contributed by atoms with E-state index in [0.29, 0.717) is 11.4 Å². The molecule has 0 spiro atoms. The molecule has 0 radical (unpaired) electrons. The fraction of sp³-hybridized carbons (Fsp3) is 0.0400. The number of ether oxygens (including phenoxy) is 1. The van der Waals surface area contributed by atoms with Gasteiger partial charge in [0, 0.05) is 16.9 Å². The monoisotopic (exact) mass is 543 g/mol. The Kier molecular flexibility index (Phi) is 7.30. The number of nitrogens with one attached hydrogen (secondary N) is 2. The van der Waals surface area contributed by atoms with Gasteiger partial charge in [0.1, 0.15) is 10.7 Å². The number of methoxy groups -OCH3 is 1. The highest BCUT2D eigenvalue weighted by atomic mass is 35.5. The zero-order valence-corrected chi connectivity index (χ0v) is 20.7. The molecule has 0 unspecified atom stereocenters. The molecule has 0 aliphatic carbocycles. The molecule has 0 saturated heterocycles. The van der Waals surface area contributed by atoms with E-state index < -0.39 is 23.7 Å². The van der Waals surface area contributed by atoms with Crippen LogP contribution in [0.1, 0.15) is 20.7 Å². The van der Waals surface area contributed by atoms with E-state index in [-0.39, 0.29) is 37.6 Å². The lowest BCUT2D eigenvalue weighted by Crippen LogP contribution is -2.32. The van der Waals surface area contributed by atoms with Gasteiger partial charge in [0.2, 0.25) is 0 Å². The van der Waals surface area contributed by atoms with E-state index in [0.717, 1.165) is 4.90 Å². The number of carbonyl (C=O) groups is 4. The summed E-state index contributed by atoms with van der Waals surface area (Å²) < 4.78 is 4.69. The van der Waals surface area contributed by atoms with Crippen molar-refractivity contribution >= 4 is 75.6 Å². The molecule has 3 aromatic rings. The first-order valence-electron chi connectivity index (χ1n) is 10.3. The normalized spacial score (nSPS) is 13.2. The Balaban J connectivity index is 1.54. The van der Waals surface area contributed by atoms with Crippen LogP contribution in [0.25, 0.3) is 0 Å². The molecule has 4 rings (SSSR count). The second-order valence-corrected chi connectivity index (χ2v) is 8.60. The fourth-order valence-electron chi connectivity index (χ4n) is 3.42. The number of hydrogen-bond acceptors (Lipinski definition) is 6. The Morgan fingerprint density at radius 1 is 0.833 bits per heavy atom. The predicted octanol–water partition coefficient (Wildman–Crippen LogP) is 5.47. The average molecular weight is 545 g/mol. The molecule has 0 atom stereocenters. The third kappa shape index (κ3) is 4.92. The Hall–Kier alpha value is -3.85. The molecule has 1 heterocycles. The van der Waals surface area contributed by atoms with Crippen LogP contribution in [0.15, 0.2) is 77.5 Å². The van der Waals surface area contributed by atoms with Gasteiger partial charge in [-0.05, 0) is 48.5 Å². The minimum absolute atomic E-state index is 0.0292. The molecule has 1 aliphatic heterocycles. The summed E-state index contributed by atoms with van der Waals surface area (Å²) in [5.41, 5.74) is 1.15. The molecule has 0 fully saturated rings. The van der Waals surface area contributed by atoms with Gasteiger partial charge in [-0.3, -0.25) is 14.4 Å². The van der Waals surface area contributed by atoms with Gasteiger partial charge in [0.05, 0.1) is 28.4 Å². The van der Waals surface area contributed by atoms with Crippen molar-refractivity contribution in [2.24, 2.45) is 0 Å². The first-order chi connectivity index (χ1) is 17.2. The first kappa shape index (κ1) is 25.2. The van der Waals surface area contributed by atoms with Crippen LogP contribution in [0.2, 0.25) is 10.0 Å². The van der Waals surface area contributed by atoms with Crippen molar-refractivity contribution in [3.05, 3.63) is 98.6 Å². The summed E-state index contributed by atoms with van der Waals surface area (Å²) in [6, 6.07) is 17.0. The van der Waals surface area contributed by atoms with Crippen molar-refractivity contribution in [3.63, 3.8) is 0 Å². The van der Waals surface area contributed by atoms with Crippen LogP contribution in [0.3, 0.4) is 0 Å². The van der Waals surface area contributed by atoms with E-state index in [1.54, 1.807) is 42.5 Å². The maximum Gasteiger partial charge on any atom is 0.337 e. The predicted molar refractivity (Wildman–Crippen MR) is 138 cm³/mol. The topological polar surface area (TPSA) is 105 Å². The number of carbonyl (C=O) groups excluding carboxylic acids is 4. The van der Waals surface area contributed by atoms with Gasteiger partial charge in [-0.2, -0.15) is 0 Å². The lowest BCUT2D eigenvalue weighted by Gasteiger charge is -2.17. The Bertz CT molecular complexity index is 1450. The second kappa shape index (κ2) is 10.4. The number of esters is 1. The molecule has 2 N–H and O–H groups in total. The smallest absolute Gasteiger partial charge is 0.337 e. The molecule has 0 aromatic heterocycles. The first-order valence-corrected chi connectivity index (χ1v) is 11.4. The number of anilines is 3. The summed E-state index contributed by atoms with van der Waals surface area (Å²) >= 11 is 18.4. The van der Waals surface area contributed by atoms with Gasteiger partial charge in [0.25, 0.3) is 17.7 Å². The van der Waals surface area contributed by atoms with Crippen LogP contribution < -0.4 is 15.5 Å². The van der Waals surface area contributed by atoms with E-state index in [1.165, 1.54) is 31.4 Å². The number of rotatable bonds is 6. The Morgan fingerprint density at radius 3 is 2.19 bits per heavy atom. The third-order valence-electron chi connectivity index (χ3n) is 5.14. The minimum Gasteiger partial charge on any atom is -0.465 e. The molecule has 11 heteroatoms. The molecule has 1 aliphatic rings. The highest BCUT2D eigenvalue weighted by Gasteiger charge is 2.40. The van der Waals surface area contributed by atoms with Gasteiger partial charge >= 0.3 is 5.97 Å². The van der Waals surface area contributed by atoms with Gasteiger partial charge in [-0.1, -0.05) is 53.0 Å². The van der Waals surface area contributed by atoms with Crippen LogP contribution in [0.5, 0.6) is 0 Å². The molecule has 0 bridgehead atoms. The van der Waals surface area contributed by atoms with Gasteiger partial charge in [-0.15, -0.1) is 0 Å². The average Bonchev–Trinajstić information content (AvgIpc) is 3.08. The second-order valence-electron chi connectivity index (χ2n) is 7.44. The highest BCUT2D eigenvalue weighted by molar-refractivity contribution is 6.54. The van der Waals surface area contributed by atoms with E-state index in [2.05, 4.69) is 15.4 Å². The zero-order chi connectivity index (χ0) is 26.0. The van der Waals surface area contributed by atoms with Crippen LogP contribution in [0.4, 0.5) is 17.1 Å². The molecule has 8 nitrogen and oxygen atoms in total. The molecular formula is C25H16Cl3N3O5. The highest BCUT2D eigenvalue weighted by Crippen LogP contribution is 2.37. The van der Waals surface area contributed by atoms with Gasteiger partial charge in [-0.25, -0.2) is 9.69 Å². The molecule has 3 amide bonds. The molecule has 182 valence electrons. The van der Waals surface area contributed by atoms with E-state index >= 15 is 0 Å². The van der Waals surface area contributed by atoms with Crippen LogP contribution in [-0.4, -0.2) is 30.8 Å². The van der Waals surface area contributed by atoms with Crippen LogP contribution in [-0.2, 0) is 14.3 Å². The fourth-order valence-corrected chi connectivity index (χ4v) is 4.02. The van der Waals surface area contributed by atoms with Crippen LogP contribution in [0, 0.1) is 0 Å².